The van der Waals surface area contributed by atoms with Crippen molar-refractivity contribution < 1.29 is 0 Å². The van der Waals surface area contributed by atoms with Crippen molar-refractivity contribution in [2.24, 2.45) is 5.10 Å². The van der Waals surface area contributed by atoms with Crippen molar-refractivity contribution in [3.63, 3.8) is 0 Å². The average Bonchev–Trinajstić information content (AvgIpc) is 3.79. The van der Waals surface area contributed by atoms with E-state index in [-0.39, 0.29) is 12.8 Å². The maximum atomic E-state index is 5.28. The highest BCUT2D eigenvalue weighted by molar-refractivity contribution is 6.96. The van der Waals surface area contributed by atoms with E-state index in [1.165, 1.54) is 38.6 Å². The van der Waals surface area contributed by atoms with Gasteiger partial charge in [0, 0.05) is 11.3 Å². The lowest BCUT2D eigenvalue weighted by Crippen LogP contribution is -2.54. The number of amidine groups is 1. The number of hydrogen-bond acceptors (Lipinski definition) is 4. The first-order chi connectivity index (χ1) is 24.9. The summed E-state index contributed by atoms with van der Waals surface area (Å²) in [5, 5.41) is 12.4. The number of rotatable bonds is 8. The lowest BCUT2D eigenvalue weighted by Gasteiger charge is -2.24. The number of benzene rings is 5. The highest BCUT2D eigenvalue weighted by Crippen LogP contribution is 2.31. The van der Waals surface area contributed by atoms with Gasteiger partial charge in [0.25, 0.3) is 0 Å². The van der Waals surface area contributed by atoms with Crippen LogP contribution in [0.15, 0.2) is 157 Å². The van der Waals surface area contributed by atoms with Crippen molar-refractivity contribution in [1.82, 2.24) is 9.78 Å². The smallest absolute Gasteiger partial charge is 0.242 e. The van der Waals surface area contributed by atoms with Gasteiger partial charge in [-0.3, -0.25) is 4.68 Å². The van der Waals surface area contributed by atoms with Gasteiger partial charge in [0.15, 0.2) is 0 Å². The predicted molar refractivity (Wildman–Crippen MR) is 216 cm³/mol. The highest BCUT2D eigenvalue weighted by Gasteiger charge is 2.28. The number of allylic oxidation sites excluding steroid dienone is 4. The number of para-hydroxylation sites is 1. The molecule has 1 aliphatic heterocycles. The molecule has 0 spiro atoms. The molecule has 6 heteroatoms. The maximum Gasteiger partial charge on any atom is 0.242 e. The van der Waals surface area contributed by atoms with Gasteiger partial charge in [0.2, 0.25) is 6.71 Å². The quantitative estimate of drug-likeness (QED) is 0.154. The largest absolute Gasteiger partial charge is 0.308 e. The standard InChI is InChI=1S/C45H42BN5/c1-32-26-33(2)45(34(3)27-32)46(39-20-15-25-42(29-39)50-31-49(35(4)47-50)40-21-10-6-11-22-40)38-19-14-18-37(28-38)43-30-44(36-16-8-5-9-17-36)51(48-43)41-23-12-7-13-24-41/h5-23,25-30,41H,24,31H2,1-4H3/t41-/m1/s1. The van der Waals surface area contributed by atoms with E-state index >= 15 is 0 Å². The number of anilines is 2. The SMILES string of the molecule is CC1=NN(c2cccc(B(c3cccc(-c4cc(-c5ccccc5)n([C@@H]5C=CC=CC5)n4)c3)c3c(C)cc(C)cc3C)c2)CN1c1ccccc1. The number of aryl methyl sites for hydroxylation is 3. The van der Waals surface area contributed by atoms with Crippen LogP contribution in [0.3, 0.4) is 0 Å². The third-order valence-electron chi connectivity index (χ3n) is 10.1. The third kappa shape index (κ3) is 6.46. The summed E-state index contributed by atoms with van der Waals surface area (Å²) in [7, 11) is 0. The number of nitrogens with zero attached hydrogens (tertiary/aromatic N) is 5. The summed E-state index contributed by atoms with van der Waals surface area (Å²) in [6.45, 7) is 9.45. The third-order valence-corrected chi connectivity index (χ3v) is 10.1. The Morgan fingerprint density at radius 2 is 1.31 bits per heavy atom. The van der Waals surface area contributed by atoms with Gasteiger partial charge in [0.1, 0.15) is 12.5 Å². The molecule has 5 aromatic carbocycles. The van der Waals surface area contributed by atoms with Gasteiger partial charge in [-0.2, -0.15) is 10.2 Å². The van der Waals surface area contributed by atoms with E-state index < -0.39 is 0 Å². The summed E-state index contributed by atoms with van der Waals surface area (Å²) >= 11 is 0. The molecule has 0 N–H and O–H groups in total. The van der Waals surface area contributed by atoms with Crippen LogP contribution >= 0.6 is 0 Å². The molecule has 8 rings (SSSR count). The highest BCUT2D eigenvalue weighted by atomic mass is 15.6. The Balaban J connectivity index is 1.21. The van der Waals surface area contributed by atoms with E-state index in [0.29, 0.717) is 6.67 Å². The molecule has 1 aliphatic carbocycles. The number of hydrazone groups is 1. The van der Waals surface area contributed by atoms with Gasteiger partial charge in [-0.25, -0.2) is 5.01 Å². The van der Waals surface area contributed by atoms with Gasteiger partial charge in [-0.1, -0.05) is 154 Å². The van der Waals surface area contributed by atoms with Crippen LogP contribution in [0.4, 0.5) is 11.4 Å². The Hall–Kier alpha value is -5.88. The minimum Gasteiger partial charge on any atom is -0.308 e. The fourth-order valence-corrected chi connectivity index (χ4v) is 7.79. The van der Waals surface area contributed by atoms with E-state index in [0.717, 1.165) is 40.6 Å². The fraction of sp³-hybridized carbons (Fsp3) is 0.156. The van der Waals surface area contributed by atoms with Gasteiger partial charge < -0.3 is 4.90 Å². The lowest BCUT2D eigenvalue weighted by molar-refractivity contribution is 0.548. The molecular formula is C45H42BN5. The van der Waals surface area contributed by atoms with E-state index in [1.54, 1.807) is 0 Å². The molecular weight excluding hydrogens is 621 g/mol. The van der Waals surface area contributed by atoms with Crippen LogP contribution < -0.4 is 26.3 Å². The summed E-state index contributed by atoms with van der Waals surface area (Å²) < 4.78 is 2.20. The van der Waals surface area contributed by atoms with E-state index in [1.807, 2.05) is 0 Å². The van der Waals surface area contributed by atoms with Crippen molar-refractivity contribution in [2.75, 3.05) is 16.6 Å². The first-order valence-electron chi connectivity index (χ1n) is 17.8. The minimum atomic E-state index is 0.0190. The summed E-state index contributed by atoms with van der Waals surface area (Å²) in [6.07, 6.45) is 9.64. The Bertz CT molecular complexity index is 2260. The van der Waals surface area contributed by atoms with Gasteiger partial charge >= 0.3 is 0 Å². The second kappa shape index (κ2) is 13.8. The van der Waals surface area contributed by atoms with Crippen molar-refractivity contribution in [1.29, 1.82) is 0 Å². The molecule has 250 valence electrons. The van der Waals surface area contributed by atoms with Crippen LogP contribution in [0.5, 0.6) is 0 Å². The van der Waals surface area contributed by atoms with E-state index in [9.17, 15) is 0 Å². The monoisotopic (exact) mass is 663 g/mol. The molecule has 6 aromatic rings. The van der Waals surface area contributed by atoms with Gasteiger partial charge in [0.05, 0.1) is 23.1 Å². The normalized spacial score (nSPS) is 15.4. The zero-order valence-electron chi connectivity index (χ0n) is 29.7. The topological polar surface area (TPSA) is 36.7 Å². The molecule has 1 atom stereocenters. The summed E-state index contributed by atoms with van der Waals surface area (Å²) in [5.74, 6) is 0.982. The van der Waals surface area contributed by atoms with Crippen molar-refractivity contribution in [2.45, 2.75) is 40.2 Å². The second-order valence-electron chi connectivity index (χ2n) is 13.8. The first-order valence-corrected chi connectivity index (χ1v) is 17.8. The Kier molecular flexibility index (Phi) is 8.75. The molecule has 0 bridgehead atoms. The molecule has 5 nitrogen and oxygen atoms in total. The van der Waals surface area contributed by atoms with E-state index in [2.05, 4.69) is 194 Å². The summed E-state index contributed by atoms with van der Waals surface area (Å²) in [4.78, 5) is 2.25. The molecule has 0 radical (unpaired) electrons. The van der Waals surface area contributed by atoms with Crippen molar-refractivity contribution >= 4 is 40.3 Å². The predicted octanol–water partition coefficient (Wildman–Crippen LogP) is 8.33. The van der Waals surface area contributed by atoms with Crippen LogP contribution in [-0.2, 0) is 0 Å². The molecule has 0 fully saturated rings. The Morgan fingerprint density at radius 1 is 0.647 bits per heavy atom. The summed E-state index contributed by atoms with van der Waals surface area (Å²) in [5.41, 5.74) is 14.3. The molecule has 1 aromatic heterocycles. The fourth-order valence-electron chi connectivity index (χ4n) is 7.79. The van der Waals surface area contributed by atoms with Gasteiger partial charge in [-0.15, -0.1) is 0 Å². The molecule has 2 heterocycles. The zero-order chi connectivity index (χ0) is 34.9. The van der Waals surface area contributed by atoms with Crippen LogP contribution in [0.25, 0.3) is 22.5 Å². The first kappa shape index (κ1) is 32.3. The van der Waals surface area contributed by atoms with Gasteiger partial charge in [-0.05, 0) is 70.0 Å². The molecule has 2 aliphatic rings. The Labute approximate surface area is 302 Å². The van der Waals surface area contributed by atoms with Crippen LogP contribution in [0, 0.1) is 20.8 Å². The minimum absolute atomic E-state index is 0.0190. The van der Waals surface area contributed by atoms with Crippen LogP contribution in [0.2, 0.25) is 0 Å². The van der Waals surface area contributed by atoms with E-state index in [4.69, 9.17) is 10.2 Å². The Morgan fingerprint density at radius 3 is 2.04 bits per heavy atom. The van der Waals surface area contributed by atoms with Crippen molar-refractivity contribution in [3.05, 3.63) is 168 Å². The molecule has 0 saturated heterocycles. The van der Waals surface area contributed by atoms with Crippen molar-refractivity contribution in [3.8, 4) is 22.5 Å². The molecule has 0 unspecified atom stereocenters. The number of hydrogen-bond donors (Lipinski definition) is 0. The van der Waals surface area contributed by atoms with Crippen LogP contribution in [0.1, 0.15) is 36.1 Å². The second-order valence-corrected chi connectivity index (χ2v) is 13.8. The average molecular weight is 664 g/mol. The molecule has 51 heavy (non-hydrogen) atoms. The maximum absolute atomic E-state index is 5.28. The number of aromatic nitrogens is 2. The molecule has 0 amide bonds. The summed E-state index contributed by atoms with van der Waals surface area (Å²) in [6, 6.07) is 46.1. The zero-order valence-corrected chi connectivity index (χ0v) is 29.7. The van der Waals surface area contributed by atoms with Crippen LogP contribution in [-0.4, -0.2) is 29.0 Å². The lowest BCUT2D eigenvalue weighted by atomic mass is 9.35. The molecule has 0 saturated carbocycles.